The summed E-state index contributed by atoms with van der Waals surface area (Å²) in [6, 6.07) is 25.3. The fourth-order valence-corrected chi connectivity index (χ4v) is 7.33. The standard InChI is InChI=1S/C32H34ClF.C9H6N2O2/c1-5-32(4)17-16-24-25-14-11-21-8-6-7-9-23(21)31(25)26(13-10-20(2)3)30(27(24)19-32)22-12-15-29(34)28(33)18-22;12-9(13)8-4-3-6-7(11-8)2-1-5-10-6/h6-9,11-12,14-18,20,26,30H,5,10,13,19H2,1-4H3;1-5H,(H,12,13). The summed E-state index contributed by atoms with van der Waals surface area (Å²) in [6.07, 6.45) is 10.8. The molecule has 0 fully saturated rings. The second-order valence-corrected chi connectivity index (χ2v) is 13.9. The van der Waals surface area contributed by atoms with Crippen molar-refractivity contribution in [3.8, 4) is 0 Å². The molecule has 2 aliphatic carbocycles. The summed E-state index contributed by atoms with van der Waals surface area (Å²) in [6.45, 7) is 9.25. The van der Waals surface area contributed by atoms with E-state index in [1.54, 1.807) is 30.5 Å². The van der Waals surface area contributed by atoms with Crippen molar-refractivity contribution in [2.75, 3.05) is 0 Å². The summed E-state index contributed by atoms with van der Waals surface area (Å²) in [5, 5.41) is 11.5. The van der Waals surface area contributed by atoms with Crippen molar-refractivity contribution in [3.63, 3.8) is 0 Å². The van der Waals surface area contributed by atoms with E-state index in [0.717, 1.165) is 31.2 Å². The van der Waals surface area contributed by atoms with E-state index in [-0.39, 0.29) is 27.9 Å². The van der Waals surface area contributed by atoms with Gasteiger partial charge >= 0.3 is 5.97 Å². The first kappa shape index (κ1) is 32.6. The van der Waals surface area contributed by atoms with Gasteiger partial charge in [0, 0.05) is 12.1 Å². The fourth-order valence-electron chi connectivity index (χ4n) is 7.14. The van der Waals surface area contributed by atoms with Gasteiger partial charge < -0.3 is 5.11 Å². The van der Waals surface area contributed by atoms with Crippen molar-refractivity contribution in [1.82, 2.24) is 9.97 Å². The monoisotopic (exact) mass is 646 g/mol. The van der Waals surface area contributed by atoms with E-state index in [1.165, 1.54) is 39.1 Å². The Balaban J connectivity index is 0.000000248. The summed E-state index contributed by atoms with van der Waals surface area (Å²) < 4.78 is 14.2. The Kier molecular flexibility index (Phi) is 9.29. The number of halogens is 2. The second kappa shape index (κ2) is 13.4. The molecule has 7 rings (SSSR count). The zero-order chi connectivity index (χ0) is 33.3. The topological polar surface area (TPSA) is 63.1 Å². The third-order valence-electron chi connectivity index (χ3n) is 9.84. The van der Waals surface area contributed by atoms with Crippen LogP contribution in [0.25, 0.3) is 27.4 Å². The van der Waals surface area contributed by atoms with Gasteiger partial charge in [-0.05, 0) is 106 Å². The molecule has 5 aromatic rings. The lowest BCUT2D eigenvalue weighted by Gasteiger charge is -2.43. The molecule has 3 atom stereocenters. The number of carboxylic acids is 1. The van der Waals surface area contributed by atoms with Gasteiger partial charge in [0.1, 0.15) is 11.5 Å². The van der Waals surface area contributed by atoms with Crippen LogP contribution in [0.5, 0.6) is 0 Å². The van der Waals surface area contributed by atoms with Crippen LogP contribution in [0, 0.1) is 17.2 Å². The molecule has 240 valence electrons. The summed E-state index contributed by atoms with van der Waals surface area (Å²) in [4.78, 5) is 18.5. The molecule has 6 heteroatoms. The number of benzene rings is 3. The molecule has 0 bridgehead atoms. The Morgan fingerprint density at radius 2 is 1.85 bits per heavy atom. The molecule has 2 aliphatic rings. The molecule has 2 heterocycles. The maximum atomic E-state index is 14.2. The molecule has 3 unspecified atom stereocenters. The van der Waals surface area contributed by atoms with Crippen LogP contribution in [-0.2, 0) is 0 Å². The van der Waals surface area contributed by atoms with Crippen molar-refractivity contribution >= 4 is 44.9 Å². The first-order valence-corrected chi connectivity index (χ1v) is 16.8. The van der Waals surface area contributed by atoms with Crippen LogP contribution >= 0.6 is 11.6 Å². The molecule has 47 heavy (non-hydrogen) atoms. The number of aromatic nitrogens is 2. The molecule has 3 aromatic carbocycles. The number of aromatic carboxylic acids is 1. The highest BCUT2D eigenvalue weighted by Crippen LogP contribution is 2.57. The Morgan fingerprint density at radius 3 is 2.60 bits per heavy atom. The van der Waals surface area contributed by atoms with Crippen LogP contribution in [0.15, 0.2) is 103 Å². The molecule has 0 radical (unpaired) electrons. The summed E-state index contributed by atoms with van der Waals surface area (Å²) in [5.74, 6) is -0.219. The number of pyridine rings is 2. The van der Waals surface area contributed by atoms with Crippen molar-refractivity contribution in [2.24, 2.45) is 11.3 Å². The maximum absolute atomic E-state index is 14.2. The molecule has 1 N–H and O–H groups in total. The minimum atomic E-state index is -1.02. The van der Waals surface area contributed by atoms with E-state index < -0.39 is 5.97 Å². The van der Waals surface area contributed by atoms with E-state index in [0.29, 0.717) is 22.9 Å². The SMILES string of the molecule is CCC1(C)C=CC2=C(C1)C(c1ccc(F)c(Cl)c1)C(CCC(C)C)c1c2ccc2ccccc12.O=C(O)c1ccc2ncccc2n1. The lowest BCUT2D eigenvalue weighted by molar-refractivity contribution is 0.0691. The average molecular weight is 647 g/mol. The minimum Gasteiger partial charge on any atom is -0.477 e. The van der Waals surface area contributed by atoms with Gasteiger partial charge in [0.05, 0.1) is 16.1 Å². The highest BCUT2D eigenvalue weighted by molar-refractivity contribution is 6.30. The molecule has 0 saturated carbocycles. The van der Waals surface area contributed by atoms with Crippen molar-refractivity contribution in [2.45, 2.75) is 65.2 Å². The Morgan fingerprint density at radius 1 is 1.04 bits per heavy atom. The number of nitrogens with zero attached hydrogens (tertiary/aromatic N) is 2. The van der Waals surface area contributed by atoms with Gasteiger partial charge in [-0.1, -0.05) is 106 Å². The lowest BCUT2D eigenvalue weighted by atomic mass is 9.61. The van der Waals surface area contributed by atoms with E-state index in [1.807, 2.05) is 12.1 Å². The van der Waals surface area contributed by atoms with Gasteiger partial charge in [0.15, 0.2) is 0 Å². The number of carbonyl (C=O) groups is 1. The van der Waals surface area contributed by atoms with Crippen LogP contribution in [0.3, 0.4) is 0 Å². The van der Waals surface area contributed by atoms with E-state index in [4.69, 9.17) is 16.7 Å². The number of carboxylic acid groups (broad SMARTS) is 1. The zero-order valence-electron chi connectivity index (χ0n) is 27.3. The number of rotatable bonds is 6. The van der Waals surface area contributed by atoms with Crippen LogP contribution in [-0.4, -0.2) is 21.0 Å². The molecular formula is C41H40ClFN2O2. The average Bonchev–Trinajstić information content (AvgIpc) is 3.08. The van der Waals surface area contributed by atoms with Crippen molar-refractivity contribution < 1.29 is 14.3 Å². The van der Waals surface area contributed by atoms with Gasteiger partial charge in [0.2, 0.25) is 0 Å². The Bertz CT molecular complexity index is 2030. The van der Waals surface area contributed by atoms with Crippen LogP contribution in [0.4, 0.5) is 4.39 Å². The molecule has 0 spiro atoms. The minimum absolute atomic E-state index is 0.0421. The summed E-state index contributed by atoms with van der Waals surface area (Å²) in [5.41, 5.74) is 8.30. The number of fused-ring (bicyclic) bond motifs is 5. The van der Waals surface area contributed by atoms with Crippen LogP contribution in [0.2, 0.25) is 5.02 Å². The summed E-state index contributed by atoms with van der Waals surface area (Å²) in [7, 11) is 0. The summed E-state index contributed by atoms with van der Waals surface area (Å²) >= 11 is 6.36. The number of allylic oxidation sites excluding steroid dienone is 4. The third kappa shape index (κ3) is 6.59. The molecule has 2 aromatic heterocycles. The van der Waals surface area contributed by atoms with Gasteiger partial charge in [0.25, 0.3) is 0 Å². The van der Waals surface area contributed by atoms with E-state index >= 15 is 0 Å². The van der Waals surface area contributed by atoms with Gasteiger partial charge in [-0.25, -0.2) is 14.2 Å². The predicted octanol–water partition coefficient (Wildman–Crippen LogP) is 11.4. The van der Waals surface area contributed by atoms with Gasteiger partial charge in [-0.15, -0.1) is 0 Å². The molecule has 4 nitrogen and oxygen atoms in total. The highest BCUT2D eigenvalue weighted by atomic mass is 35.5. The first-order valence-electron chi connectivity index (χ1n) is 16.4. The van der Waals surface area contributed by atoms with Crippen LogP contribution < -0.4 is 0 Å². The third-order valence-corrected chi connectivity index (χ3v) is 10.1. The molecule has 0 amide bonds. The Labute approximate surface area is 281 Å². The van der Waals surface area contributed by atoms with E-state index in [2.05, 4.69) is 86.2 Å². The number of hydrogen-bond donors (Lipinski definition) is 1. The first-order chi connectivity index (χ1) is 22.6. The molecule has 0 aliphatic heterocycles. The maximum Gasteiger partial charge on any atom is 0.354 e. The smallest absolute Gasteiger partial charge is 0.354 e. The number of hydrogen-bond acceptors (Lipinski definition) is 3. The fraction of sp³-hybridized carbons (Fsp3) is 0.293. The largest absolute Gasteiger partial charge is 0.477 e. The lowest BCUT2D eigenvalue weighted by Crippen LogP contribution is -2.27. The van der Waals surface area contributed by atoms with Crippen molar-refractivity contribution in [3.05, 3.63) is 136 Å². The quantitative estimate of drug-likeness (QED) is 0.199. The van der Waals surface area contributed by atoms with E-state index in [9.17, 15) is 9.18 Å². The highest BCUT2D eigenvalue weighted by Gasteiger charge is 2.40. The van der Waals surface area contributed by atoms with Crippen LogP contribution in [0.1, 0.15) is 92.4 Å². The molecular weight excluding hydrogens is 607 g/mol. The second-order valence-electron chi connectivity index (χ2n) is 13.5. The zero-order valence-corrected chi connectivity index (χ0v) is 28.1. The Hall–Kier alpha value is -4.35. The predicted molar refractivity (Wildman–Crippen MR) is 190 cm³/mol. The van der Waals surface area contributed by atoms with Gasteiger partial charge in [-0.2, -0.15) is 0 Å². The normalized spacial score (nSPS) is 20.1. The molecule has 0 saturated heterocycles. The van der Waals surface area contributed by atoms with Crippen molar-refractivity contribution in [1.29, 1.82) is 0 Å². The van der Waals surface area contributed by atoms with Gasteiger partial charge in [-0.3, -0.25) is 4.98 Å².